The fourth-order valence-corrected chi connectivity index (χ4v) is 2.22. The maximum atomic E-state index is 12.8. The Morgan fingerprint density at radius 2 is 1.74 bits per heavy atom. The number of nitrogens with zero attached hydrogens (tertiary/aromatic N) is 1. The molecule has 0 unspecified atom stereocenters. The summed E-state index contributed by atoms with van der Waals surface area (Å²) >= 11 is 2.83. The van der Waals surface area contributed by atoms with Gasteiger partial charge in [0.15, 0.2) is 0 Å². The van der Waals surface area contributed by atoms with Crippen LogP contribution in [0.2, 0.25) is 0 Å². The van der Waals surface area contributed by atoms with Gasteiger partial charge < -0.3 is 4.90 Å². The van der Waals surface area contributed by atoms with Crippen molar-refractivity contribution < 1.29 is 22.8 Å². The van der Waals surface area contributed by atoms with E-state index in [4.69, 9.17) is 0 Å². The molecule has 0 radical (unpaired) electrons. The van der Waals surface area contributed by atoms with Crippen LogP contribution in [0.4, 0.5) is 18.9 Å². The van der Waals surface area contributed by atoms with Crippen molar-refractivity contribution in [2.45, 2.75) is 6.18 Å². The predicted molar refractivity (Wildman–Crippen MR) is 64.5 cm³/mol. The van der Waals surface area contributed by atoms with Crippen LogP contribution in [0.5, 0.6) is 0 Å². The van der Waals surface area contributed by atoms with Crippen molar-refractivity contribution in [3.05, 3.63) is 28.2 Å². The van der Waals surface area contributed by atoms with Crippen molar-refractivity contribution in [1.29, 1.82) is 0 Å². The quantitative estimate of drug-likeness (QED) is 0.797. The maximum Gasteiger partial charge on any atom is 0.417 e. The number of imide groups is 1. The smallest absolute Gasteiger partial charge is 0.353 e. The number of halogens is 4. The molecule has 0 saturated carbocycles. The first-order valence-electron chi connectivity index (χ1n) is 5.22. The van der Waals surface area contributed by atoms with E-state index in [1.54, 1.807) is 0 Å². The molecule has 1 aliphatic heterocycles. The Kier molecular flexibility index (Phi) is 3.53. The average molecular weight is 337 g/mol. The van der Waals surface area contributed by atoms with Crippen LogP contribution in [0, 0.1) is 0 Å². The standard InChI is InChI=1S/C11H8BrF3N2O2/c12-8-2-1-6(3-7(8)11(13,14)15)17-4-9(18)16-10(19)5-17/h1-3H,4-5H2,(H,16,18,19). The number of rotatable bonds is 1. The first kappa shape index (κ1) is 13.9. The molecule has 1 aromatic rings. The van der Waals surface area contributed by atoms with Gasteiger partial charge >= 0.3 is 6.18 Å². The fraction of sp³-hybridized carbons (Fsp3) is 0.273. The molecule has 1 aromatic carbocycles. The van der Waals surface area contributed by atoms with Crippen molar-refractivity contribution in [3.8, 4) is 0 Å². The highest BCUT2D eigenvalue weighted by atomic mass is 79.9. The number of hydrogen-bond donors (Lipinski definition) is 1. The van der Waals surface area contributed by atoms with Crippen LogP contribution in [-0.2, 0) is 15.8 Å². The molecule has 1 fully saturated rings. The Bertz CT molecular complexity index is 529. The van der Waals surface area contributed by atoms with E-state index < -0.39 is 23.6 Å². The lowest BCUT2D eigenvalue weighted by Gasteiger charge is -2.28. The molecule has 4 nitrogen and oxygen atoms in total. The highest BCUT2D eigenvalue weighted by molar-refractivity contribution is 9.10. The van der Waals surface area contributed by atoms with Gasteiger partial charge in [0.1, 0.15) is 0 Å². The fourth-order valence-electron chi connectivity index (χ4n) is 1.75. The number of piperazine rings is 1. The zero-order valence-corrected chi connectivity index (χ0v) is 11.0. The van der Waals surface area contributed by atoms with Crippen LogP contribution in [0.3, 0.4) is 0 Å². The molecule has 0 aliphatic carbocycles. The molecular weight excluding hydrogens is 329 g/mol. The van der Waals surface area contributed by atoms with Gasteiger partial charge in [0.05, 0.1) is 18.7 Å². The molecule has 1 heterocycles. The van der Waals surface area contributed by atoms with Crippen LogP contribution in [0.1, 0.15) is 5.56 Å². The van der Waals surface area contributed by atoms with Gasteiger partial charge in [-0.15, -0.1) is 0 Å². The van der Waals surface area contributed by atoms with Crippen LogP contribution in [0.25, 0.3) is 0 Å². The van der Waals surface area contributed by atoms with Crippen molar-refractivity contribution in [2.75, 3.05) is 18.0 Å². The van der Waals surface area contributed by atoms with Crippen molar-refractivity contribution in [2.24, 2.45) is 0 Å². The Balaban J connectivity index is 2.36. The summed E-state index contributed by atoms with van der Waals surface area (Å²) in [5.74, 6) is -1.07. The number of alkyl halides is 3. The SMILES string of the molecule is O=C1CN(c2ccc(Br)c(C(F)(F)F)c2)CC(=O)N1. The second-order valence-electron chi connectivity index (χ2n) is 3.99. The summed E-state index contributed by atoms with van der Waals surface area (Å²) in [6.45, 7) is -0.296. The minimum atomic E-state index is -4.50. The average Bonchev–Trinajstić information content (AvgIpc) is 2.26. The van der Waals surface area contributed by atoms with Gasteiger partial charge in [-0.3, -0.25) is 14.9 Å². The topological polar surface area (TPSA) is 49.4 Å². The molecule has 1 aliphatic rings. The zero-order chi connectivity index (χ0) is 14.2. The van der Waals surface area contributed by atoms with Crippen LogP contribution in [-0.4, -0.2) is 24.9 Å². The van der Waals surface area contributed by atoms with Crippen molar-refractivity contribution in [3.63, 3.8) is 0 Å². The number of carbonyl (C=O) groups excluding carboxylic acids is 2. The van der Waals surface area contributed by atoms with E-state index in [9.17, 15) is 22.8 Å². The third kappa shape index (κ3) is 3.06. The Hall–Kier alpha value is -1.57. The summed E-state index contributed by atoms with van der Waals surface area (Å²) in [6.07, 6.45) is -4.50. The number of amides is 2. The van der Waals surface area contributed by atoms with Gasteiger partial charge in [0.25, 0.3) is 0 Å². The molecule has 0 aromatic heterocycles. The second-order valence-corrected chi connectivity index (χ2v) is 4.84. The molecule has 2 amide bonds. The Morgan fingerprint density at radius 3 is 2.26 bits per heavy atom. The first-order valence-corrected chi connectivity index (χ1v) is 6.01. The minimum absolute atomic E-state index is 0.0865. The van der Waals surface area contributed by atoms with Gasteiger partial charge in [0, 0.05) is 10.2 Å². The molecule has 2 rings (SSSR count). The van der Waals surface area contributed by atoms with Crippen LogP contribution < -0.4 is 10.2 Å². The van der Waals surface area contributed by atoms with E-state index in [1.807, 2.05) is 0 Å². The van der Waals surface area contributed by atoms with E-state index in [2.05, 4.69) is 21.2 Å². The predicted octanol–water partition coefficient (Wildman–Crippen LogP) is 1.93. The van der Waals surface area contributed by atoms with Crippen molar-refractivity contribution in [1.82, 2.24) is 5.32 Å². The molecule has 0 spiro atoms. The third-order valence-electron chi connectivity index (χ3n) is 2.57. The van der Waals surface area contributed by atoms with Crippen LogP contribution >= 0.6 is 15.9 Å². The van der Waals surface area contributed by atoms with E-state index in [0.717, 1.165) is 6.07 Å². The highest BCUT2D eigenvalue weighted by Gasteiger charge is 2.34. The van der Waals surface area contributed by atoms with E-state index in [1.165, 1.54) is 17.0 Å². The first-order chi connectivity index (χ1) is 8.77. The minimum Gasteiger partial charge on any atom is -0.353 e. The lowest BCUT2D eigenvalue weighted by molar-refractivity contribution is -0.138. The number of hydrogen-bond acceptors (Lipinski definition) is 3. The van der Waals surface area contributed by atoms with Gasteiger partial charge in [0.2, 0.25) is 11.8 Å². The third-order valence-corrected chi connectivity index (χ3v) is 3.26. The summed E-state index contributed by atoms with van der Waals surface area (Å²) in [4.78, 5) is 23.7. The van der Waals surface area contributed by atoms with Gasteiger partial charge in [-0.05, 0) is 18.2 Å². The van der Waals surface area contributed by atoms with E-state index in [-0.39, 0.29) is 23.2 Å². The molecule has 1 N–H and O–H groups in total. The molecule has 102 valence electrons. The Morgan fingerprint density at radius 1 is 1.16 bits per heavy atom. The van der Waals surface area contributed by atoms with E-state index >= 15 is 0 Å². The molecule has 8 heteroatoms. The van der Waals surface area contributed by atoms with E-state index in [0.29, 0.717) is 0 Å². The van der Waals surface area contributed by atoms with Crippen molar-refractivity contribution >= 4 is 33.4 Å². The summed E-state index contributed by atoms with van der Waals surface area (Å²) in [5, 5.41) is 2.08. The largest absolute Gasteiger partial charge is 0.417 e. The molecule has 0 atom stereocenters. The molecule has 1 saturated heterocycles. The summed E-state index contributed by atoms with van der Waals surface area (Å²) in [5.41, 5.74) is -0.665. The Labute approximate surface area is 114 Å². The monoisotopic (exact) mass is 336 g/mol. The van der Waals surface area contributed by atoms with Gasteiger partial charge in [-0.1, -0.05) is 15.9 Å². The van der Waals surface area contributed by atoms with Crippen LogP contribution in [0.15, 0.2) is 22.7 Å². The molecular formula is C11H8BrF3N2O2. The lowest BCUT2D eigenvalue weighted by Crippen LogP contribution is -2.51. The second kappa shape index (κ2) is 4.84. The molecule has 0 bridgehead atoms. The zero-order valence-electron chi connectivity index (χ0n) is 9.42. The highest BCUT2D eigenvalue weighted by Crippen LogP contribution is 2.37. The lowest BCUT2D eigenvalue weighted by atomic mass is 10.1. The number of anilines is 1. The van der Waals surface area contributed by atoms with Gasteiger partial charge in [-0.25, -0.2) is 0 Å². The maximum absolute atomic E-state index is 12.8. The summed E-state index contributed by atoms with van der Waals surface area (Å²) in [7, 11) is 0. The number of benzene rings is 1. The number of nitrogens with one attached hydrogen (secondary N) is 1. The summed E-state index contributed by atoms with van der Waals surface area (Å²) < 4.78 is 38.2. The molecule has 19 heavy (non-hydrogen) atoms. The normalized spacial score (nSPS) is 16.5. The summed E-state index contributed by atoms with van der Waals surface area (Å²) in [6, 6.07) is 3.58. The van der Waals surface area contributed by atoms with Gasteiger partial charge in [-0.2, -0.15) is 13.2 Å². The number of carbonyl (C=O) groups is 2.